The quantitative estimate of drug-likeness (QED) is 0.249. The van der Waals surface area contributed by atoms with Gasteiger partial charge in [-0.05, 0) is 43.0 Å². The molecule has 204 valence electrons. The Bertz CT molecular complexity index is 1160. The number of ether oxygens (including phenoxy) is 2. The van der Waals surface area contributed by atoms with Crippen molar-refractivity contribution in [3.63, 3.8) is 0 Å². The zero-order chi connectivity index (χ0) is 27.1. The summed E-state index contributed by atoms with van der Waals surface area (Å²) >= 11 is 1.67. The van der Waals surface area contributed by atoms with Crippen LogP contribution in [0.25, 0.3) is 0 Å². The zero-order valence-corrected chi connectivity index (χ0v) is 22.3. The SMILES string of the molecule is CC(C)C[C@H](NC(=O)CCNC(=O)COc1ccc2c(c1)Nc1ccccc1S2)C(=O)N[C@H]1CCOC1O. The summed E-state index contributed by atoms with van der Waals surface area (Å²) < 4.78 is 10.7. The Morgan fingerprint density at radius 1 is 1.13 bits per heavy atom. The smallest absolute Gasteiger partial charge is 0.257 e. The van der Waals surface area contributed by atoms with Gasteiger partial charge < -0.3 is 35.8 Å². The first kappa shape index (κ1) is 27.7. The molecule has 0 aromatic heterocycles. The van der Waals surface area contributed by atoms with Crippen LogP contribution in [0.1, 0.15) is 33.1 Å². The fraction of sp³-hybridized carbons (Fsp3) is 0.444. The maximum absolute atomic E-state index is 12.7. The fourth-order valence-electron chi connectivity index (χ4n) is 4.19. The molecule has 2 aromatic carbocycles. The van der Waals surface area contributed by atoms with Gasteiger partial charge >= 0.3 is 0 Å². The number of para-hydroxylation sites is 1. The first-order valence-corrected chi connectivity index (χ1v) is 13.6. The number of hydrogen-bond acceptors (Lipinski definition) is 8. The third-order valence-electron chi connectivity index (χ3n) is 6.12. The van der Waals surface area contributed by atoms with Crippen molar-refractivity contribution in [3.05, 3.63) is 42.5 Å². The highest BCUT2D eigenvalue weighted by Crippen LogP contribution is 2.44. The van der Waals surface area contributed by atoms with E-state index < -0.39 is 18.4 Å². The molecule has 0 radical (unpaired) electrons. The predicted octanol–water partition coefficient (Wildman–Crippen LogP) is 2.53. The highest BCUT2D eigenvalue weighted by Gasteiger charge is 2.31. The van der Waals surface area contributed by atoms with Crippen LogP contribution in [0.3, 0.4) is 0 Å². The average Bonchev–Trinajstić information content (AvgIpc) is 3.29. The van der Waals surface area contributed by atoms with Crippen molar-refractivity contribution in [2.45, 2.75) is 61.3 Å². The first-order valence-electron chi connectivity index (χ1n) is 12.8. The van der Waals surface area contributed by atoms with Crippen molar-refractivity contribution in [1.29, 1.82) is 0 Å². The van der Waals surface area contributed by atoms with E-state index in [2.05, 4.69) is 27.3 Å². The largest absolute Gasteiger partial charge is 0.484 e. The number of hydrogen-bond donors (Lipinski definition) is 5. The molecule has 0 spiro atoms. The van der Waals surface area contributed by atoms with Gasteiger partial charge in [0.2, 0.25) is 11.8 Å². The molecule has 2 aliphatic rings. The van der Waals surface area contributed by atoms with Crippen LogP contribution in [0.15, 0.2) is 52.3 Å². The Kier molecular flexibility index (Phi) is 9.48. The minimum atomic E-state index is -1.04. The van der Waals surface area contributed by atoms with Gasteiger partial charge in [0.15, 0.2) is 12.9 Å². The van der Waals surface area contributed by atoms with E-state index >= 15 is 0 Å². The van der Waals surface area contributed by atoms with Crippen molar-refractivity contribution < 1.29 is 29.0 Å². The number of anilines is 2. The topological polar surface area (TPSA) is 138 Å². The van der Waals surface area contributed by atoms with E-state index in [0.717, 1.165) is 21.2 Å². The predicted molar refractivity (Wildman–Crippen MR) is 143 cm³/mol. The van der Waals surface area contributed by atoms with Crippen LogP contribution < -0.4 is 26.0 Å². The minimum absolute atomic E-state index is 0.0160. The van der Waals surface area contributed by atoms with Gasteiger partial charge in [0.05, 0.1) is 24.0 Å². The lowest BCUT2D eigenvalue weighted by Gasteiger charge is -2.23. The lowest BCUT2D eigenvalue weighted by atomic mass is 10.0. The van der Waals surface area contributed by atoms with E-state index in [-0.39, 0.29) is 43.2 Å². The Balaban J connectivity index is 1.19. The van der Waals surface area contributed by atoms with Gasteiger partial charge in [-0.15, -0.1) is 0 Å². The molecule has 0 aliphatic carbocycles. The third-order valence-corrected chi connectivity index (χ3v) is 7.27. The highest BCUT2D eigenvalue weighted by molar-refractivity contribution is 7.99. The summed E-state index contributed by atoms with van der Waals surface area (Å²) in [6, 6.07) is 12.4. The van der Waals surface area contributed by atoms with E-state index in [1.165, 1.54) is 0 Å². The Morgan fingerprint density at radius 3 is 2.68 bits per heavy atom. The summed E-state index contributed by atoms with van der Waals surface area (Å²) in [6.45, 7) is 4.20. The lowest BCUT2D eigenvalue weighted by molar-refractivity contribution is -0.132. The molecule has 10 nitrogen and oxygen atoms in total. The van der Waals surface area contributed by atoms with E-state index in [0.29, 0.717) is 25.2 Å². The van der Waals surface area contributed by atoms with Gasteiger partial charge in [-0.1, -0.05) is 37.7 Å². The second-order valence-electron chi connectivity index (χ2n) is 9.68. The Morgan fingerprint density at radius 2 is 1.92 bits per heavy atom. The van der Waals surface area contributed by atoms with Gasteiger partial charge in [0, 0.05) is 28.8 Å². The minimum Gasteiger partial charge on any atom is -0.484 e. The van der Waals surface area contributed by atoms with Crippen molar-refractivity contribution >= 4 is 40.9 Å². The molecule has 38 heavy (non-hydrogen) atoms. The van der Waals surface area contributed by atoms with Crippen LogP contribution in [-0.2, 0) is 19.1 Å². The molecule has 2 heterocycles. The molecule has 1 fully saturated rings. The molecule has 1 saturated heterocycles. The fourth-order valence-corrected chi connectivity index (χ4v) is 5.16. The van der Waals surface area contributed by atoms with Crippen molar-refractivity contribution in [2.24, 2.45) is 5.92 Å². The second kappa shape index (κ2) is 13.0. The molecule has 5 N–H and O–H groups in total. The summed E-state index contributed by atoms with van der Waals surface area (Å²) in [5, 5.41) is 21.3. The third kappa shape index (κ3) is 7.62. The number of aliphatic hydroxyl groups is 1. The van der Waals surface area contributed by atoms with Crippen LogP contribution >= 0.6 is 11.8 Å². The molecule has 2 aliphatic heterocycles. The van der Waals surface area contributed by atoms with E-state index in [4.69, 9.17) is 9.47 Å². The molecular weight excluding hydrogens is 508 g/mol. The van der Waals surface area contributed by atoms with E-state index in [1.54, 1.807) is 11.8 Å². The standard InChI is InChI=1S/C27H34N4O6S/c1-16(2)13-21(26(34)31-19-10-12-36-27(19)35)30-24(32)9-11-28-25(33)15-37-17-7-8-23-20(14-17)29-18-5-3-4-6-22(18)38-23/h3-8,14,16,19,21,27,29,35H,9-13,15H2,1-2H3,(H,28,33)(H,30,32)(H,31,34)/t19-,21-,27?/m0/s1. The van der Waals surface area contributed by atoms with Gasteiger partial charge in [-0.25, -0.2) is 0 Å². The molecule has 11 heteroatoms. The molecule has 3 amide bonds. The maximum atomic E-state index is 12.7. The summed E-state index contributed by atoms with van der Waals surface area (Å²) in [5.74, 6) is -0.339. The van der Waals surface area contributed by atoms with Crippen LogP contribution in [0.5, 0.6) is 5.75 Å². The summed E-state index contributed by atoms with van der Waals surface area (Å²) in [4.78, 5) is 39.6. The van der Waals surface area contributed by atoms with Crippen molar-refractivity contribution in [1.82, 2.24) is 16.0 Å². The summed E-state index contributed by atoms with van der Waals surface area (Å²) in [6.07, 6.45) is -0.0679. The maximum Gasteiger partial charge on any atom is 0.257 e. The number of aliphatic hydroxyl groups excluding tert-OH is 1. The number of amides is 3. The van der Waals surface area contributed by atoms with Crippen LogP contribution in [-0.4, -0.2) is 61.0 Å². The molecule has 0 saturated carbocycles. The van der Waals surface area contributed by atoms with Gasteiger partial charge in [0.1, 0.15) is 11.8 Å². The summed E-state index contributed by atoms with van der Waals surface area (Å²) in [5.41, 5.74) is 1.94. The molecule has 0 bridgehead atoms. The highest BCUT2D eigenvalue weighted by atomic mass is 32.2. The number of benzene rings is 2. The number of rotatable bonds is 11. The normalized spacial score (nSPS) is 18.5. The van der Waals surface area contributed by atoms with Crippen LogP contribution in [0, 0.1) is 5.92 Å². The average molecular weight is 543 g/mol. The van der Waals surface area contributed by atoms with Crippen LogP contribution in [0.4, 0.5) is 11.4 Å². The monoisotopic (exact) mass is 542 g/mol. The molecule has 1 unspecified atom stereocenters. The van der Waals surface area contributed by atoms with Gasteiger partial charge in [-0.2, -0.15) is 0 Å². The first-order chi connectivity index (χ1) is 18.3. The molecule has 2 aromatic rings. The number of carbonyl (C=O) groups excluding carboxylic acids is 3. The van der Waals surface area contributed by atoms with Crippen LogP contribution in [0.2, 0.25) is 0 Å². The number of nitrogens with one attached hydrogen (secondary N) is 4. The van der Waals surface area contributed by atoms with E-state index in [9.17, 15) is 19.5 Å². The molecular formula is C27H34N4O6S. The lowest BCUT2D eigenvalue weighted by Crippen LogP contribution is -2.52. The zero-order valence-electron chi connectivity index (χ0n) is 21.5. The Hall–Kier alpha value is -3.28. The summed E-state index contributed by atoms with van der Waals surface area (Å²) in [7, 11) is 0. The molecule has 4 rings (SSSR count). The molecule has 3 atom stereocenters. The number of carbonyl (C=O) groups is 3. The van der Waals surface area contributed by atoms with Gasteiger partial charge in [-0.3, -0.25) is 14.4 Å². The second-order valence-corrected chi connectivity index (χ2v) is 10.8. The van der Waals surface area contributed by atoms with E-state index in [1.807, 2.05) is 50.2 Å². The van der Waals surface area contributed by atoms with Gasteiger partial charge in [0.25, 0.3) is 5.91 Å². The Labute approximate surface area is 226 Å². The van der Waals surface area contributed by atoms with Crippen molar-refractivity contribution in [2.75, 3.05) is 25.1 Å². The number of fused-ring (bicyclic) bond motifs is 2. The van der Waals surface area contributed by atoms with Crippen molar-refractivity contribution in [3.8, 4) is 5.75 Å².